The number of nitrogens with zero attached hydrogens (tertiary/aromatic N) is 5. The topological polar surface area (TPSA) is 128 Å². The van der Waals surface area contributed by atoms with Gasteiger partial charge in [0.1, 0.15) is 0 Å². The fourth-order valence-corrected chi connectivity index (χ4v) is 3.74. The third kappa shape index (κ3) is 3.63. The molecule has 0 amide bonds. The highest BCUT2D eigenvalue weighted by Crippen LogP contribution is 2.17. The van der Waals surface area contributed by atoms with Crippen molar-refractivity contribution in [2.45, 2.75) is 11.8 Å². The van der Waals surface area contributed by atoms with Gasteiger partial charge in [-0.3, -0.25) is 5.43 Å². The van der Waals surface area contributed by atoms with Crippen LogP contribution < -0.4 is 15.2 Å². The van der Waals surface area contributed by atoms with Crippen molar-refractivity contribution in [2.75, 3.05) is 5.43 Å². The van der Waals surface area contributed by atoms with Crippen molar-refractivity contribution in [1.29, 1.82) is 0 Å². The standard InChI is InChI=1S/C17H15N7O2S2/c1-11-16(21-19-13-7-9-14(10-8-13)28(18,25)26)27-17-22-20-15(24(17)23-11)12-5-3-2-4-6-12/h2-10,19H,1H3,(H2,18,25,26)/b21-16-. The minimum atomic E-state index is -3.72. The Labute approximate surface area is 164 Å². The molecule has 9 nitrogen and oxygen atoms in total. The summed E-state index contributed by atoms with van der Waals surface area (Å²) in [6.07, 6.45) is 0. The highest BCUT2D eigenvalue weighted by molar-refractivity contribution is 7.89. The van der Waals surface area contributed by atoms with E-state index in [9.17, 15) is 8.42 Å². The van der Waals surface area contributed by atoms with Crippen molar-refractivity contribution >= 4 is 32.0 Å². The zero-order valence-corrected chi connectivity index (χ0v) is 16.3. The number of nitrogens with one attached hydrogen (secondary N) is 1. The van der Waals surface area contributed by atoms with Gasteiger partial charge in [0.2, 0.25) is 15.0 Å². The van der Waals surface area contributed by atoms with Gasteiger partial charge in [-0.25, -0.2) is 13.6 Å². The molecule has 2 heterocycles. The van der Waals surface area contributed by atoms with Crippen LogP contribution in [0.25, 0.3) is 16.3 Å². The smallest absolute Gasteiger partial charge is 0.238 e. The van der Waals surface area contributed by atoms with Crippen molar-refractivity contribution in [2.24, 2.45) is 10.2 Å². The first-order valence-electron chi connectivity index (χ1n) is 8.13. The number of anilines is 1. The molecule has 28 heavy (non-hydrogen) atoms. The monoisotopic (exact) mass is 413 g/mol. The molecule has 3 N–H and O–H groups in total. The average Bonchev–Trinajstić information content (AvgIpc) is 3.09. The average molecular weight is 413 g/mol. The molecule has 0 radical (unpaired) electrons. The van der Waals surface area contributed by atoms with E-state index in [0.717, 1.165) is 5.56 Å². The summed E-state index contributed by atoms with van der Waals surface area (Å²) in [6, 6.07) is 15.7. The Morgan fingerprint density at radius 3 is 2.46 bits per heavy atom. The molecule has 0 fully saturated rings. The Morgan fingerprint density at radius 2 is 1.79 bits per heavy atom. The number of hydrogen-bond donors (Lipinski definition) is 2. The van der Waals surface area contributed by atoms with Crippen molar-refractivity contribution in [1.82, 2.24) is 19.8 Å². The molecule has 0 aliphatic heterocycles. The molecule has 4 aromatic rings. The van der Waals surface area contributed by atoms with Crippen LogP contribution in [-0.4, -0.2) is 28.2 Å². The predicted molar refractivity (Wildman–Crippen MR) is 106 cm³/mol. The first-order chi connectivity index (χ1) is 13.4. The summed E-state index contributed by atoms with van der Waals surface area (Å²) in [5.41, 5.74) is 5.12. The maximum absolute atomic E-state index is 11.3. The number of hydrogen-bond acceptors (Lipinski definition) is 8. The van der Waals surface area contributed by atoms with Crippen LogP contribution in [0.15, 0.2) is 64.6 Å². The SMILES string of the molecule is Cc1nn2c(-c3ccccc3)nnc2s/c1=N\Nc1ccc(S(N)(=O)=O)cc1. The molecule has 0 unspecified atom stereocenters. The molecule has 0 spiro atoms. The van der Waals surface area contributed by atoms with Crippen molar-refractivity contribution in [3.8, 4) is 11.4 Å². The summed E-state index contributed by atoms with van der Waals surface area (Å²) in [5, 5.41) is 22.4. The summed E-state index contributed by atoms with van der Waals surface area (Å²) in [6.45, 7) is 1.84. The van der Waals surface area contributed by atoms with Gasteiger partial charge in [-0.1, -0.05) is 41.7 Å². The Bertz CT molecular complexity index is 1310. The Morgan fingerprint density at radius 1 is 1.07 bits per heavy atom. The lowest BCUT2D eigenvalue weighted by molar-refractivity contribution is 0.598. The first kappa shape index (κ1) is 18.2. The van der Waals surface area contributed by atoms with E-state index in [0.29, 0.717) is 26.8 Å². The van der Waals surface area contributed by atoms with E-state index in [-0.39, 0.29) is 4.90 Å². The highest BCUT2D eigenvalue weighted by atomic mass is 32.2. The van der Waals surface area contributed by atoms with Gasteiger partial charge in [-0.05, 0) is 31.2 Å². The van der Waals surface area contributed by atoms with Crippen molar-refractivity contribution in [3.05, 3.63) is 65.0 Å². The lowest BCUT2D eigenvalue weighted by atomic mass is 10.2. The van der Waals surface area contributed by atoms with Crippen LogP contribution in [-0.2, 0) is 10.0 Å². The van der Waals surface area contributed by atoms with Crippen LogP contribution in [0.5, 0.6) is 0 Å². The Hall–Kier alpha value is -3.15. The van der Waals surface area contributed by atoms with Gasteiger partial charge in [0.15, 0.2) is 10.5 Å². The van der Waals surface area contributed by atoms with E-state index < -0.39 is 10.0 Å². The van der Waals surface area contributed by atoms with E-state index in [2.05, 4.69) is 25.8 Å². The molecule has 0 bridgehead atoms. The maximum atomic E-state index is 11.3. The summed E-state index contributed by atoms with van der Waals surface area (Å²) < 4.78 is 24.9. The van der Waals surface area contributed by atoms with Gasteiger partial charge >= 0.3 is 0 Å². The predicted octanol–water partition coefficient (Wildman–Crippen LogP) is 1.74. The quantitative estimate of drug-likeness (QED) is 0.491. The summed E-state index contributed by atoms with van der Waals surface area (Å²) in [4.78, 5) is 0.645. The normalized spacial score (nSPS) is 12.4. The molecule has 0 atom stereocenters. The number of aromatic nitrogens is 4. The summed E-state index contributed by atoms with van der Waals surface area (Å²) >= 11 is 1.34. The minimum absolute atomic E-state index is 0.0389. The van der Waals surface area contributed by atoms with Crippen molar-refractivity contribution in [3.63, 3.8) is 0 Å². The van der Waals surface area contributed by atoms with Gasteiger partial charge in [0, 0.05) is 5.56 Å². The first-order valence-corrected chi connectivity index (χ1v) is 10.5. The molecule has 2 aromatic carbocycles. The third-order valence-electron chi connectivity index (χ3n) is 3.86. The van der Waals surface area contributed by atoms with Gasteiger partial charge in [0.25, 0.3) is 0 Å². The third-order valence-corrected chi connectivity index (χ3v) is 5.81. The van der Waals surface area contributed by atoms with Gasteiger partial charge < -0.3 is 0 Å². The number of nitrogens with two attached hydrogens (primary N) is 1. The zero-order valence-electron chi connectivity index (χ0n) is 14.6. The molecular weight excluding hydrogens is 398 g/mol. The van der Waals surface area contributed by atoms with E-state index in [1.807, 2.05) is 37.3 Å². The maximum Gasteiger partial charge on any atom is 0.238 e. The molecular formula is C17H15N7O2S2. The lowest BCUT2D eigenvalue weighted by Gasteiger charge is -2.03. The van der Waals surface area contributed by atoms with Crippen LogP contribution in [0.4, 0.5) is 5.69 Å². The number of benzene rings is 2. The van der Waals surface area contributed by atoms with E-state index in [4.69, 9.17) is 5.14 Å². The summed E-state index contributed by atoms with van der Waals surface area (Å²) in [5.74, 6) is 0.660. The van der Waals surface area contributed by atoms with Crippen LogP contribution in [0, 0.1) is 6.92 Å². The summed E-state index contributed by atoms with van der Waals surface area (Å²) in [7, 11) is -3.72. The number of primary sulfonamides is 1. The molecule has 142 valence electrons. The molecule has 0 aliphatic carbocycles. The molecule has 0 aliphatic rings. The zero-order chi connectivity index (χ0) is 19.7. The van der Waals surface area contributed by atoms with Gasteiger partial charge in [-0.15, -0.1) is 10.2 Å². The van der Waals surface area contributed by atoms with Crippen LogP contribution in [0.3, 0.4) is 0 Å². The fraction of sp³-hybridized carbons (Fsp3) is 0.0588. The van der Waals surface area contributed by atoms with Crippen LogP contribution >= 0.6 is 11.3 Å². The number of sulfonamides is 1. The fourth-order valence-electron chi connectivity index (χ4n) is 2.48. The Balaban J connectivity index is 1.67. The van der Waals surface area contributed by atoms with E-state index in [1.165, 1.54) is 23.5 Å². The largest absolute Gasteiger partial charge is 0.277 e. The van der Waals surface area contributed by atoms with Gasteiger partial charge in [0.05, 0.1) is 16.3 Å². The Kier molecular flexibility index (Phi) is 4.63. The van der Waals surface area contributed by atoms with Crippen LogP contribution in [0.2, 0.25) is 0 Å². The second kappa shape index (κ2) is 7.11. The molecule has 0 saturated carbocycles. The van der Waals surface area contributed by atoms with E-state index in [1.54, 1.807) is 16.6 Å². The second-order valence-corrected chi connectivity index (χ2v) is 8.39. The molecule has 11 heteroatoms. The minimum Gasteiger partial charge on any atom is -0.277 e. The second-order valence-electron chi connectivity index (χ2n) is 5.87. The van der Waals surface area contributed by atoms with Gasteiger partial charge in [-0.2, -0.15) is 14.7 Å². The number of rotatable bonds is 4. The van der Waals surface area contributed by atoms with E-state index >= 15 is 0 Å². The molecule has 2 aromatic heterocycles. The number of fused-ring (bicyclic) bond motifs is 1. The lowest BCUT2D eigenvalue weighted by Crippen LogP contribution is -2.13. The highest BCUT2D eigenvalue weighted by Gasteiger charge is 2.11. The number of aryl methyl sites for hydroxylation is 1. The van der Waals surface area contributed by atoms with Crippen molar-refractivity contribution < 1.29 is 8.42 Å². The molecule has 0 saturated heterocycles. The molecule has 4 rings (SSSR count). The van der Waals surface area contributed by atoms with Crippen LogP contribution in [0.1, 0.15) is 5.69 Å².